The van der Waals surface area contributed by atoms with Crippen molar-refractivity contribution in [2.45, 2.75) is 13.5 Å². The van der Waals surface area contributed by atoms with Crippen LogP contribution in [0.25, 0.3) is 21.8 Å². The minimum Gasteiger partial charge on any atom is -0.494 e. The third-order valence-electron chi connectivity index (χ3n) is 4.44. The van der Waals surface area contributed by atoms with Gasteiger partial charge in [0.1, 0.15) is 5.75 Å². The molecule has 4 nitrogen and oxygen atoms in total. The number of nitrogens with one attached hydrogen (secondary N) is 1. The van der Waals surface area contributed by atoms with E-state index >= 15 is 0 Å². The monoisotopic (exact) mass is 343 g/mol. The zero-order valence-electron chi connectivity index (χ0n) is 14.7. The van der Waals surface area contributed by atoms with Gasteiger partial charge in [-0.05, 0) is 48.9 Å². The van der Waals surface area contributed by atoms with Gasteiger partial charge in [0.2, 0.25) is 0 Å². The highest BCUT2D eigenvalue weighted by Crippen LogP contribution is 2.32. The molecule has 0 amide bonds. The van der Waals surface area contributed by atoms with Gasteiger partial charge in [-0.3, -0.25) is 0 Å². The minimum atomic E-state index is 0.628. The minimum absolute atomic E-state index is 0.628. The number of hydrogen-bond donors (Lipinski definition) is 2. The van der Waals surface area contributed by atoms with E-state index in [1.165, 1.54) is 5.56 Å². The lowest BCUT2D eigenvalue weighted by molar-refractivity contribution is 0.341. The molecule has 0 unspecified atom stereocenters. The first kappa shape index (κ1) is 16.2. The summed E-state index contributed by atoms with van der Waals surface area (Å²) in [4.78, 5) is 4.78. The molecule has 4 heteroatoms. The summed E-state index contributed by atoms with van der Waals surface area (Å²) >= 11 is 0. The second kappa shape index (κ2) is 6.92. The van der Waals surface area contributed by atoms with Crippen LogP contribution in [0.4, 0.5) is 11.4 Å². The van der Waals surface area contributed by atoms with Crippen LogP contribution in [0.1, 0.15) is 12.5 Å². The Hall–Kier alpha value is -3.27. The van der Waals surface area contributed by atoms with E-state index in [1.807, 2.05) is 61.5 Å². The van der Waals surface area contributed by atoms with Gasteiger partial charge in [0.15, 0.2) is 0 Å². The second-order valence-corrected chi connectivity index (χ2v) is 6.21. The smallest absolute Gasteiger partial charge is 0.120 e. The lowest BCUT2D eigenvalue weighted by Crippen LogP contribution is -2.00. The zero-order chi connectivity index (χ0) is 17.9. The van der Waals surface area contributed by atoms with Gasteiger partial charge in [-0.25, -0.2) is 4.98 Å². The van der Waals surface area contributed by atoms with Crippen molar-refractivity contribution in [1.82, 2.24) is 4.98 Å². The topological polar surface area (TPSA) is 60.2 Å². The summed E-state index contributed by atoms with van der Waals surface area (Å²) < 4.78 is 5.58. The molecule has 4 rings (SSSR count). The van der Waals surface area contributed by atoms with Crippen LogP contribution < -0.4 is 15.8 Å². The highest BCUT2D eigenvalue weighted by molar-refractivity contribution is 6.07. The first-order chi connectivity index (χ1) is 12.7. The molecule has 130 valence electrons. The van der Waals surface area contributed by atoms with Crippen LogP contribution in [0.15, 0.2) is 66.7 Å². The number of anilines is 2. The summed E-state index contributed by atoms with van der Waals surface area (Å²) in [5.41, 5.74) is 11.2. The van der Waals surface area contributed by atoms with Crippen molar-refractivity contribution >= 4 is 33.2 Å². The van der Waals surface area contributed by atoms with Crippen molar-refractivity contribution in [3.8, 4) is 5.75 Å². The van der Waals surface area contributed by atoms with Gasteiger partial charge in [-0.2, -0.15) is 0 Å². The Kier molecular flexibility index (Phi) is 4.32. The molecule has 0 aliphatic heterocycles. The molecule has 0 radical (unpaired) electrons. The maximum absolute atomic E-state index is 6.42. The standard InChI is InChI=1S/C22H21N3O/c1-2-26-17-9-11-20-19(13-17)22(23)18-10-8-16(12-21(18)25-20)24-14-15-6-4-3-5-7-15/h3-13,24H,2,14H2,1H3,(H2,23,25). The molecule has 3 N–H and O–H groups in total. The van der Waals surface area contributed by atoms with E-state index in [2.05, 4.69) is 17.4 Å². The van der Waals surface area contributed by atoms with Gasteiger partial charge < -0.3 is 15.8 Å². The Bertz CT molecular complexity index is 1060. The number of rotatable bonds is 5. The van der Waals surface area contributed by atoms with Crippen LogP contribution >= 0.6 is 0 Å². The molecule has 0 bridgehead atoms. The van der Waals surface area contributed by atoms with Gasteiger partial charge >= 0.3 is 0 Å². The Morgan fingerprint density at radius 1 is 0.923 bits per heavy atom. The van der Waals surface area contributed by atoms with Crippen LogP contribution in [-0.4, -0.2) is 11.6 Å². The van der Waals surface area contributed by atoms with E-state index in [0.29, 0.717) is 6.61 Å². The fourth-order valence-electron chi connectivity index (χ4n) is 3.12. The molecule has 0 aliphatic rings. The lowest BCUT2D eigenvalue weighted by Gasteiger charge is -2.11. The molecule has 26 heavy (non-hydrogen) atoms. The zero-order valence-corrected chi connectivity index (χ0v) is 14.7. The lowest BCUT2D eigenvalue weighted by atomic mass is 10.1. The van der Waals surface area contributed by atoms with Gasteiger partial charge in [0, 0.05) is 23.0 Å². The molecule has 0 spiro atoms. The van der Waals surface area contributed by atoms with Crippen molar-refractivity contribution in [3.63, 3.8) is 0 Å². The van der Waals surface area contributed by atoms with E-state index in [0.717, 1.165) is 45.5 Å². The molecule has 4 aromatic rings. The fourth-order valence-corrected chi connectivity index (χ4v) is 3.12. The normalized spacial score (nSPS) is 11.0. The Balaban J connectivity index is 1.69. The van der Waals surface area contributed by atoms with Crippen LogP contribution in [0, 0.1) is 0 Å². The number of pyridine rings is 1. The number of nitrogens with zero attached hydrogens (tertiary/aromatic N) is 1. The number of hydrogen-bond acceptors (Lipinski definition) is 4. The molecule has 0 atom stereocenters. The van der Waals surface area contributed by atoms with Crippen molar-refractivity contribution in [2.24, 2.45) is 0 Å². The van der Waals surface area contributed by atoms with Crippen LogP contribution in [0.5, 0.6) is 5.75 Å². The first-order valence-corrected chi connectivity index (χ1v) is 8.78. The van der Waals surface area contributed by atoms with Crippen molar-refractivity contribution in [3.05, 3.63) is 72.3 Å². The number of ether oxygens (including phenoxy) is 1. The number of fused-ring (bicyclic) bond motifs is 2. The quantitative estimate of drug-likeness (QED) is 0.502. The molecule has 0 saturated heterocycles. The van der Waals surface area contributed by atoms with Crippen LogP contribution in [0.2, 0.25) is 0 Å². The predicted octanol–water partition coefficient (Wildman–Crippen LogP) is 4.98. The SMILES string of the molecule is CCOc1ccc2nc3cc(NCc4ccccc4)ccc3c(N)c2c1. The Morgan fingerprint density at radius 3 is 2.58 bits per heavy atom. The summed E-state index contributed by atoms with van der Waals surface area (Å²) in [5.74, 6) is 0.814. The van der Waals surface area contributed by atoms with E-state index in [-0.39, 0.29) is 0 Å². The van der Waals surface area contributed by atoms with E-state index < -0.39 is 0 Å². The third kappa shape index (κ3) is 3.14. The fraction of sp³-hybridized carbons (Fsp3) is 0.136. The average Bonchev–Trinajstić information content (AvgIpc) is 2.68. The largest absolute Gasteiger partial charge is 0.494 e. The summed E-state index contributed by atoms with van der Waals surface area (Å²) in [7, 11) is 0. The number of aromatic nitrogens is 1. The van der Waals surface area contributed by atoms with E-state index in [1.54, 1.807) is 0 Å². The van der Waals surface area contributed by atoms with Gasteiger partial charge in [-0.15, -0.1) is 0 Å². The Labute approximate surface area is 152 Å². The maximum atomic E-state index is 6.42. The maximum Gasteiger partial charge on any atom is 0.120 e. The summed E-state index contributed by atoms with van der Waals surface area (Å²) in [6, 6.07) is 22.3. The van der Waals surface area contributed by atoms with Gasteiger partial charge in [-0.1, -0.05) is 30.3 Å². The average molecular weight is 343 g/mol. The molecule has 3 aromatic carbocycles. The van der Waals surface area contributed by atoms with Gasteiger partial charge in [0.25, 0.3) is 0 Å². The van der Waals surface area contributed by atoms with Crippen molar-refractivity contribution < 1.29 is 4.74 Å². The molecule has 1 aromatic heterocycles. The first-order valence-electron chi connectivity index (χ1n) is 8.78. The second-order valence-electron chi connectivity index (χ2n) is 6.21. The summed E-state index contributed by atoms with van der Waals surface area (Å²) in [6.07, 6.45) is 0. The van der Waals surface area contributed by atoms with Crippen molar-refractivity contribution in [1.29, 1.82) is 0 Å². The Morgan fingerprint density at radius 2 is 1.77 bits per heavy atom. The van der Waals surface area contributed by atoms with E-state index in [4.69, 9.17) is 15.5 Å². The molecule has 1 heterocycles. The highest BCUT2D eigenvalue weighted by Gasteiger charge is 2.08. The number of benzene rings is 3. The molecule has 0 saturated carbocycles. The van der Waals surface area contributed by atoms with Gasteiger partial charge in [0.05, 0.1) is 23.3 Å². The van der Waals surface area contributed by atoms with Crippen molar-refractivity contribution in [2.75, 3.05) is 17.7 Å². The van der Waals surface area contributed by atoms with Crippen LogP contribution in [-0.2, 0) is 6.54 Å². The number of nitrogens with two attached hydrogens (primary N) is 1. The molecule has 0 fully saturated rings. The summed E-state index contributed by atoms with van der Waals surface area (Å²) in [6.45, 7) is 3.37. The highest BCUT2D eigenvalue weighted by atomic mass is 16.5. The molecular weight excluding hydrogens is 322 g/mol. The molecular formula is C22H21N3O. The third-order valence-corrected chi connectivity index (χ3v) is 4.44. The number of nitrogen functional groups attached to an aromatic ring is 1. The molecule has 0 aliphatic carbocycles. The summed E-state index contributed by atoms with van der Waals surface area (Å²) in [5, 5.41) is 5.33. The van der Waals surface area contributed by atoms with Crippen LogP contribution in [0.3, 0.4) is 0 Å². The predicted molar refractivity (Wildman–Crippen MR) is 109 cm³/mol. The van der Waals surface area contributed by atoms with E-state index in [9.17, 15) is 0 Å².